The van der Waals surface area contributed by atoms with Crippen molar-refractivity contribution in [3.05, 3.63) is 77.2 Å². The minimum Gasteiger partial charge on any atom is -0.495 e. The number of rotatable bonds is 9. The normalized spacial score (nSPS) is 11.1. The largest absolute Gasteiger partial charge is 0.495 e. The third-order valence-corrected chi connectivity index (χ3v) is 5.84. The number of benzene rings is 2. The van der Waals surface area contributed by atoms with Crippen LogP contribution in [-0.2, 0) is 26.1 Å². The second kappa shape index (κ2) is 10.3. The van der Waals surface area contributed by atoms with Crippen LogP contribution in [0.4, 0.5) is 5.69 Å². The summed E-state index contributed by atoms with van der Waals surface area (Å²) in [5, 5.41) is 2.94. The molecule has 2 aromatic carbocycles. The molecular weight excluding hydrogens is 460 g/mol. The first-order valence-corrected chi connectivity index (χ1v) is 11.1. The number of methoxy groups -OCH3 is 1. The molecule has 3 rings (SSSR count). The first-order chi connectivity index (χ1) is 15.3. The summed E-state index contributed by atoms with van der Waals surface area (Å²) in [5.74, 6) is -0.528. The number of furan rings is 1. The summed E-state index contributed by atoms with van der Waals surface area (Å²) >= 11 is 5.91. The predicted octanol–water partition coefficient (Wildman–Crippen LogP) is 3.22. The monoisotopic (exact) mass is 478 g/mol. The molecule has 0 unspecified atom stereocenters. The van der Waals surface area contributed by atoms with Gasteiger partial charge in [0.25, 0.3) is 5.91 Å². The molecule has 0 radical (unpaired) electrons. The lowest BCUT2D eigenvalue weighted by Gasteiger charge is -2.11. The molecule has 0 aliphatic heterocycles. The highest BCUT2D eigenvalue weighted by Crippen LogP contribution is 2.27. The zero-order valence-electron chi connectivity index (χ0n) is 16.8. The van der Waals surface area contributed by atoms with Crippen LogP contribution in [0, 0.1) is 0 Å². The van der Waals surface area contributed by atoms with Gasteiger partial charge in [0, 0.05) is 5.02 Å². The fourth-order valence-electron chi connectivity index (χ4n) is 2.61. The van der Waals surface area contributed by atoms with E-state index in [1.807, 2.05) is 0 Å². The van der Waals surface area contributed by atoms with Crippen molar-refractivity contribution < 1.29 is 31.9 Å². The van der Waals surface area contributed by atoms with Crippen LogP contribution in [0.2, 0.25) is 5.02 Å². The van der Waals surface area contributed by atoms with Crippen LogP contribution in [-0.4, -0.2) is 34.0 Å². The van der Waals surface area contributed by atoms with Crippen molar-refractivity contribution >= 4 is 39.2 Å². The first-order valence-electron chi connectivity index (χ1n) is 9.21. The molecule has 0 bridgehead atoms. The molecular formula is C21H19ClN2O7S. The maximum Gasteiger partial charge on any atom is 0.338 e. The molecule has 32 heavy (non-hydrogen) atoms. The third-order valence-electron chi connectivity index (χ3n) is 4.19. The minimum absolute atomic E-state index is 0.00828. The average Bonchev–Trinajstić information content (AvgIpc) is 3.30. The topological polar surface area (TPSA) is 124 Å². The van der Waals surface area contributed by atoms with Gasteiger partial charge in [-0.05, 0) is 54.6 Å². The number of ether oxygens (including phenoxy) is 2. The lowest BCUT2D eigenvalue weighted by Crippen LogP contribution is -2.23. The number of nitrogens with one attached hydrogen (secondary N) is 2. The lowest BCUT2D eigenvalue weighted by molar-refractivity contribution is -0.119. The Bertz CT molecular complexity index is 1190. The standard InChI is InChI=1S/C21H19ClN2O7S/c1-29-19-9-6-15(22)11-18(19)24-20(25)13-31-21(26)14-4-7-17(8-5-14)32(27,28)23-12-16-3-2-10-30-16/h2-11,23H,12-13H2,1H3,(H,24,25). The molecule has 0 fully saturated rings. The van der Waals surface area contributed by atoms with Crippen LogP contribution in [0.5, 0.6) is 5.75 Å². The number of esters is 1. The minimum atomic E-state index is -3.80. The van der Waals surface area contributed by atoms with Crippen LogP contribution in [0.25, 0.3) is 0 Å². The zero-order chi connectivity index (χ0) is 23.1. The average molecular weight is 479 g/mol. The third kappa shape index (κ3) is 6.10. The van der Waals surface area contributed by atoms with Gasteiger partial charge in [0.1, 0.15) is 11.5 Å². The number of hydrogen-bond donors (Lipinski definition) is 2. The molecule has 1 amide bonds. The Balaban J connectivity index is 1.55. The molecule has 0 aliphatic rings. The molecule has 0 saturated carbocycles. The molecule has 2 N–H and O–H groups in total. The van der Waals surface area contributed by atoms with E-state index in [4.69, 9.17) is 25.5 Å². The second-order valence-electron chi connectivity index (χ2n) is 6.40. The number of hydrogen-bond acceptors (Lipinski definition) is 7. The number of sulfonamides is 1. The van der Waals surface area contributed by atoms with Crippen molar-refractivity contribution in [2.24, 2.45) is 0 Å². The highest BCUT2D eigenvalue weighted by molar-refractivity contribution is 7.89. The van der Waals surface area contributed by atoms with Crippen molar-refractivity contribution in [1.29, 1.82) is 0 Å². The van der Waals surface area contributed by atoms with E-state index < -0.39 is 28.5 Å². The number of anilines is 1. The van der Waals surface area contributed by atoms with Gasteiger partial charge in [0.15, 0.2) is 6.61 Å². The Labute approximate surface area is 189 Å². The van der Waals surface area contributed by atoms with Crippen LogP contribution < -0.4 is 14.8 Å². The fourth-order valence-corrected chi connectivity index (χ4v) is 3.78. The first kappa shape index (κ1) is 23.3. The number of carbonyl (C=O) groups is 2. The van der Waals surface area contributed by atoms with E-state index in [0.717, 1.165) is 0 Å². The molecule has 0 atom stereocenters. The van der Waals surface area contributed by atoms with E-state index in [1.54, 1.807) is 24.3 Å². The second-order valence-corrected chi connectivity index (χ2v) is 8.60. The molecule has 1 aromatic heterocycles. The predicted molar refractivity (Wildman–Crippen MR) is 116 cm³/mol. The van der Waals surface area contributed by atoms with Gasteiger partial charge in [0.05, 0.1) is 36.1 Å². The Kier molecular flexibility index (Phi) is 7.52. The van der Waals surface area contributed by atoms with Gasteiger partial charge in [-0.25, -0.2) is 17.9 Å². The van der Waals surface area contributed by atoms with E-state index >= 15 is 0 Å². The van der Waals surface area contributed by atoms with Gasteiger partial charge in [-0.15, -0.1) is 0 Å². The van der Waals surface area contributed by atoms with Gasteiger partial charge in [-0.1, -0.05) is 11.6 Å². The number of carbonyl (C=O) groups excluding carboxylic acids is 2. The van der Waals surface area contributed by atoms with Crippen molar-refractivity contribution in [2.45, 2.75) is 11.4 Å². The lowest BCUT2D eigenvalue weighted by atomic mass is 10.2. The van der Waals surface area contributed by atoms with Crippen molar-refractivity contribution in [1.82, 2.24) is 4.72 Å². The zero-order valence-corrected chi connectivity index (χ0v) is 18.4. The van der Waals surface area contributed by atoms with Crippen molar-refractivity contribution in [3.8, 4) is 5.75 Å². The molecule has 168 valence electrons. The van der Waals surface area contributed by atoms with Gasteiger partial charge in [0.2, 0.25) is 10.0 Å². The highest BCUT2D eigenvalue weighted by Gasteiger charge is 2.17. The van der Waals surface area contributed by atoms with Crippen molar-refractivity contribution in [3.63, 3.8) is 0 Å². The van der Waals surface area contributed by atoms with E-state index in [0.29, 0.717) is 22.2 Å². The summed E-state index contributed by atoms with van der Waals surface area (Å²) in [5.41, 5.74) is 0.417. The summed E-state index contributed by atoms with van der Waals surface area (Å²) in [6.07, 6.45) is 1.44. The van der Waals surface area contributed by atoms with E-state index in [9.17, 15) is 18.0 Å². The Morgan fingerprint density at radius 1 is 1.09 bits per heavy atom. The highest BCUT2D eigenvalue weighted by atomic mass is 35.5. The summed E-state index contributed by atoms with van der Waals surface area (Å²) < 4.78 is 42.3. The van der Waals surface area contributed by atoms with Crippen LogP contribution in [0.15, 0.2) is 70.2 Å². The maximum atomic E-state index is 12.3. The van der Waals surface area contributed by atoms with Gasteiger partial charge < -0.3 is 19.2 Å². The Morgan fingerprint density at radius 3 is 2.50 bits per heavy atom. The number of halogens is 1. The molecule has 9 nitrogen and oxygen atoms in total. The van der Waals surface area contributed by atoms with Gasteiger partial charge in [-0.3, -0.25) is 4.79 Å². The molecule has 3 aromatic rings. The summed E-state index contributed by atoms with van der Waals surface area (Å²) in [7, 11) is -2.36. The maximum absolute atomic E-state index is 12.3. The fraction of sp³-hybridized carbons (Fsp3) is 0.143. The molecule has 0 saturated heterocycles. The van der Waals surface area contributed by atoms with Crippen LogP contribution in [0.3, 0.4) is 0 Å². The van der Waals surface area contributed by atoms with Crippen LogP contribution in [0.1, 0.15) is 16.1 Å². The summed E-state index contributed by atoms with van der Waals surface area (Å²) in [6, 6.07) is 13.1. The smallest absolute Gasteiger partial charge is 0.338 e. The van der Waals surface area contributed by atoms with E-state index in [2.05, 4.69) is 10.0 Å². The Hall–Kier alpha value is -3.34. The number of amides is 1. The van der Waals surface area contributed by atoms with E-state index in [-0.39, 0.29) is 17.0 Å². The molecule has 0 aliphatic carbocycles. The van der Waals surface area contributed by atoms with Gasteiger partial charge >= 0.3 is 5.97 Å². The molecule has 11 heteroatoms. The SMILES string of the molecule is COc1ccc(Cl)cc1NC(=O)COC(=O)c1ccc(S(=O)(=O)NCc2ccco2)cc1. The van der Waals surface area contributed by atoms with Crippen LogP contribution >= 0.6 is 11.6 Å². The van der Waals surface area contributed by atoms with Gasteiger partial charge in [-0.2, -0.15) is 0 Å². The summed E-state index contributed by atoms with van der Waals surface area (Å²) in [4.78, 5) is 24.3. The molecule has 0 spiro atoms. The summed E-state index contributed by atoms with van der Waals surface area (Å²) in [6.45, 7) is -0.565. The quantitative estimate of drug-likeness (QED) is 0.452. The molecule has 1 heterocycles. The van der Waals surface area contributed by atoms with Crippen molar-refractivity contribution in [2.75, 3.05) is 19.0 Å². The Morgan fingerprint density at radius 2 is 1.84 bits per heavy atom. The van der Waals surface area contributed by atoms with E-state index in [1.165, 1.54) is 43.7 Å².